The molecule has 2 atom stereocenters. The maximum absolute atomic E-state index is 12.5. The maximum Gasteiger partial charge on any atom is 0.360 e. The van der Waals surface area contributed by atoms with Crippen molar-refractivity contribution in [1.29, 1.82) is 0 Å². The molecule has 1 fully saturated rings. The number of rotatable bonds is 5. The molecule has 8 nitrogen and oxygen atoms in total. The van der Waals surface area contributed by atoms with Gasteiger partial charge in [0.1, 0.15) is 17.0 Å². The number of carbonyl (C=O) groups is 1. The van der Waals surface area contributed by atoms with E-state index in [0.29, 0.717) is 34.3 Å². The smallest absolute Gasteiger partial charge is 0.360 e. The van der Waals surface area contributed by atoms with E-state index in [2.05, 4.69) is 10.3 Å². The summed E-state index contributed by atoms with van der Waals surface area (Å²) in [6, 6.07) is 8.32. The number of methoxy groups -OCH3 is 1. The van der Waals surface area contributed by atoms with Gasteiger partial charge in [0.2, 0.25) is 6.29 Å². The molecule has 4 rings (SSSR count). The highest BCUT2D eigenvalue weighted by molar-refractivity contribution is 6.04. The first-order valence-electron chi connectivity index (χ1n) is 10.4. The summed E-state index contributed by atoms with van der Waals surface area (Å²) in [5, 5.41) is 3.27. The van der Waals surface area contributed by atoms with Gasteiger partial charge < -0.3 is 23.9 Å². The van der Waals surface area contributed by atoms with Gasteiger partial charge in [0.05, 0.1) is 11.7 Å². The number of ether oxygens (including phenoxy) is 3. The minimum absolute atomic E-state index is 0.00106. The third-order valence-corrected chi connectivity index (χ3v) is 5.71. The summed E-state index contributed by atoms with van der Waals surface area (Å²) < 4.78 is 23.2. The standard InChI is InChI=1S/C24H26N2O6/c1-14-18(30-20-8-7-19(29-4)24(2,3)32-20)6-5-16-13-17(23(28)31-21(14)16)26-22(27)15-9-11-25-12-10-15/h5-6,9-13,19-20H,7-8H2,1-4H3,(H,26,27). The van der Waals surface area contributed by atoms with Crippen LogP contribution in [0.25, 0.3) is 11.0 Å². The molecule has 1 aromatic carbocycles. The first-order chi connectivity index (χ1) is 15.3. The minimum Gasteiger partial charge on any atom is -0.465 e. The largest absolute Gasteiger partial charge is 0.465 e. The number of amides is 1. The predicted octanol–water partition coefficient (Wildman–Crippen LogP) is 4.06. The Morgan fingerprint density at radius 3 is 2.62 bits per heavy atom. The molecule has 3 aromatic rings. The topological polar surface area (TPSA) is 99.9 Å². The molecule has 1 N–H and O–H groups in total. The zero-order valence-corrected chi connectivity index (χ0v) is 18.5. The first kappa shape index (κ1) is 22.0. The molecule has 0 radical (unpaired) electrons. The van der Waals surface area contributed by atoms with Crippen LogP contribution in [0.3, 0.4) is 0 Å². The molecule has 0 saturated carbocycles. The molecule has 0 spiro atoms. The average Bonchev–Trinajstić information content (AvgIpc) is 2.77. The Morgan fingerprint density at radius 2 is 1.94 bits per heavy atom. The summed E-state index contributed by atoms with van der Waals surface area (Å²) in [4.78, 5) is 28.8. The van der Waals surface area contributed by atoms with Crippen molar-refractivity contribution in [3.05, 3.63) is 64.3 Å². The Labute approximate surface area is 185 Å². The van der Waals surface area contributed by atoms with E-state index >= 15 is 0 Å². The number of pyridine rings is 1. The Balaban J connectivity index is 1.56. The number of fused-ring (bicyclic) bond motifs is 1. The van der Waals surface area contributed by atoms with E-state index in [9.17, 15) is 9.59 Å². The van der Waals surface area contributed by atoms with E-state index < -0.39 is 23.4 Å². The summed E-state index contributed by atoms with van der Waals surface area (Å²) in [6.07, 6.45) is 4.08. The number of nitrogens with one attached hydrogen (secondary N) is 1. The Bertz CT molecular complexity index is 1190. The lowest BCUT2D eigenvalue weighted by molar-refractivity contribution is -0.233. The molecule has 1 aliphatic rings. The van der Waals surface area contributed by atoms with Crippen molar-refractivity contribution in [2.45, 2.75) is 51.6 Å². The molecule has 1 amide bonds. The van der Waals surface area contributed by atoms with Gasteiger partial charge in [-0.15, -0.1) is 0 Å². The molecule has 32 heavy (non-hydrogen) atoms. The molecule has 8 heteroatoms. The van der Waals surface area contributed by atoms with Crippen molar-refractivity contribution >= 4 is 22.6 Å². The zero-order chi connectivity index (χ0) is 22.9. The van der Waals surface area contributed by atoms with Crippen LogP contribution in [0.4, 0.5) is 5.69 Å². The number of aromatic nitrogens is 1. The molecule has 0 aliphatic carbocycles. The highest BCUT2D eigenvalue weighted by atomic mass is 16.7. The highest BCUT2D eigenvalue weighted by Crippen LogP contribution is 2.34. The Hall–Kier alpha value is -3.23. The van der Waals surface area contributed by atoms with Crippen molar-refractivity contribution < 1.29 is 23.4 Å². The number of aryl methyl sites for hydroxylation is 1. The molecule has 0 bridgehead atoms. The lowest BCUT2D eigenvalue weighted by atomic mass is 9.94. The van der Waals surface area contributed by atoms with Gasteiger partial charge >= 0.3 is 5.63 Å². The van der Waals surface area contributed by atoms with Gasteiger partial charge in [-0.3, -0.25) is 9.78 Å². The third kappa shape index (κ3) is 4.37. The number of hydrogen-bond acceptors (Lipinski definition) is 7. The van der Waals surface area contributed by atoms with Gasteiger partial charge in [0, 0.05) is 42.4 Å². The lowest BCUT2D eigenvalue weighted by Crippen LogP contribution is -2.49. The summed E-state index contributed by atoms with van der Waals surface area (Å²) in [5.74, 6) is 0.160. The fraction of sp³-hybridized carbons (Fsp3) is 0.375. The zero-order valence-electron chi connectivity index (χ0n) is 18.5. The fourth-order valence-electron chi connectivity index (χ4n) is 3.95. The molecule has 168 valence electrons. The molecule has 2 aromatic heterocycles. The first-order valence-corrected chi connectivity index (χ1v) is 10.4. The highest BCUT2D eigenvalue weighted by Gasteiger charge is 2.39. The van der Waals surface area contributed by atoms with Crippen LogP contribution < -0.4 is 15.7 Å². The summed E-state index contributed by atoms with van der Waals surface area (Å²) in [7, 11) is 1.68. The van der Waals surface area contributed by atoms with E-state index in [1.54, 1.807) is 31.4 Å². The number of hydrogen-bond donors (Lipinski definition) is 1. The molecule has 2 unspecified atom stereocenters. The van der Waals surface area contributed by atoms with E-state index in [-0.39, 0.29) is 11.8 Å². The van der Waals surface area contributed by atoms with Crippen LogP contribution in [-0.4, -0.2) is 36.0 Å². The van der Waals surface area contributed by atoms with Gasteiger partial charge in [0.15, 0.2) is 0 Å². The van der Waals surface area contributed by atoms with Crippen LogP contribution in [0, 0.1) is 6.92 Å². The van der Waals surface area contributed by atoms with Crippen LogP contribution in [0.2, 0.25) is 0 Å². The molecular weight excluding hydrogens is 412 g/mol. The lowest BCUT2D eigenvalue weighted by Gasteiger charge is -2.41. The van der Waals surface area contributed by atoms with Crippen molar-refractivity contribution in [2.75, 3.05) is 12.4 Å². The van der Waals surface area contributed by atoms with Crippen LogP contribution in [0.5, 0.6) is 5.75 Å². The fourth-order valence-corrected chi connectivity index (χ4v) is 3.95. The minimum atomic E-state index is -0.641. The number of carbonyl (C=O) groups excluding carboxylic acids is 1. The summed E-state index contributed by atoms with van der Waals surface area (Å²) in [5.41, 5.74) is 0.428. The third-order valence-electron chi connectivity index (χ3n) is 5.71. The monoisotopic (exact) mass is 438 g/mol. The van der Waals surface area contributed by atoms with Gasteiger partial charge in [0.25, 0.3) is 5.91 Å². The number of benzene rings is 1. The second kappa shape index (κ2) is 8.72. The molecule has 1 saturated heterocycles. The van der Waals surface area contributed by atoms with Crippen molar-refractivity contribution in [2.24, 2.45) is 0 Å². The van der Waals surface area contributed by atoms with Gasteiger partial charge in [-0.05, 0) is 57.5 Å². The Morgan fingerprint density at radius 1 is 1.19 bits per heavy atom. The second-order valence-corrected chi connectivity index (χ2v) is 8.31. The number of nitrogens with zero attached hydrogens (tertiary/aromatic N) is 1. The van der Waals surface area contributed by atoms with Crippen LogP contribution in [-0.2, 0) is 9.47 Å². The van der Waals surface area contributed by atoms with Crippen molar-refractivity contribution in [1.82, 2.24) is 4.98 Å². The SMILES string of the molecule is COC1CCC(Oc2ccc3cc(NC(=O)c4ccncc4)c(=O)oc3c2C)OC1(C)C. The van der Waals surface area contributed by atoms with Crippen LogP contribution in [0.1, 0.15) is 42.6 Å². The molecular formula is C24H26N2O6. The maximum atomic E-state index is 12.5. The van der Waals surface area contributed by atoms with E-state index in [1.165, 1.54) is 12.4 Å². The molecule has 1 aliphatic heterocycles. The van der Waals surface area contributed by atoms with E-state index in [0.717, 1.165) is 6.42 Å². The summed E-state index contributed by atoms with van der Waals surface area (Å²) >= 11 is 0. The van der Waals surface area contributed by atoms with E-state index in [1.807, 2.05) is 26.8 Å². The average molecular weight is 438 g/mol. The van der Waals surface area contributed by atoms with Gasteiger partial charge in [-0.1, -0.05) is 0 Å². The number of anilines is 1. The quantitative estimate of drug-likeness (QED) is 0.600. The van der Waals surface area contributed by atoms with Gasteiger partial charge in [-0.2, -0.15) is 0 Å². The van der Waals surface area contributed by atoms with Crippen molar-refractivity contribution in [3.63, 3.8) is 0 Å². The molecule has 3 heterocycles. The van der Waals surface area contributed by atoms with E-state index in [4.69, 9.17) is 18.6 Å². The van der Waals surface area contributed by atoms with Crippen LogP contribution >= 0.6 is 0 Å². The van der Waals surface area contributed by atoms with Crippen LogP contribution in [0.15, 0.2) is 51.9 Å². The summed E-state index contributed by atoms with van der Waals surface area (Å²) in [6.45, 7) is 5.78. The normalized spacial score (nSPS) is 20.1. The van der Waals surface area contributed by atoms with Gasteiger partial charge in [-0.25, -0.2) is 4.79 Å². The Kier molecular flexibility index (Phi) is 5.99. The predicted molar refractivity (Wildman–Crippen MR) is 119 cm³/mol. The van der Waals surface area contributed by atoms with Crippen molar-refractivity contribution in [3.8, 4) is 5.75 Å². The second-order valence-electron chi connectivity index (χ2n) is 8.31.